The summed E-state index contributed by atoms with van der Waals surface area (Å²) in [4.78, 5) is 9.04. The van der Waals surface area contributed by atoms with Gasteiger partial charge in [-0.15, -0.1) is 0 Å². The zero-order valence-electron chi connectivity index (χ0n) is 13.1. The van der Waals surface area contributed by atoms with Gasteiger partial charge in [0.1, 0.15) is 17.9 Å². The Kier molecular flexibility index (Phi) is 4.20. The molecule has 0 amide bonds. The molecule has 3 aromatic rings. The number of hydrogen-bond acceptors (Lipinski definition) is 5. The summed E-state index contributed by atoms with van der Waals surface area (Å²) in [5.74, 6) is 0.746. The Bertz CT molecular complexity index is 1020. The SMILES string of the molecule is O=S(=O)(NCC1COCc2nc3cccnc3n21)c1ccc(Cl)cc1. The summed E-state index contributed by atoms with van der Waals surface area (Å²) in [6.07, 6.45) is 1.70. The van der Waals surface area contributed by atoms with Gasteiger partial charge in [-0.3, -0.25) is 0 Å². The number of nitrogens with one attached hydrogen (secondary N) is 1. The molecule has 0 saturated heterocycles. The number of fused-ring (bicyclic) bond motifs is 3. The van der Waals surface area contributed by atoms with Crippen LogP contribution in [0.25, 0.3) is 11.2 Å². The molecule has 1 N–H and O–H groups in total. The van der Waals surface area contributed by atoms with Crippen LogP contribution in [0.3, 0.4) is 0 Å². The second kappa shape index (κ2) is 6.38. The van der Waals surface area contributed by atoms with Crippen molar-refractivity contribution in [3.8, 4) is 0 Å². The van der Waals surface area contributed by atoms with E-state index < -0.39 is 10.0 Å². The fraction of sp³-hybridized carbons (Fsp3) is 0.250. The number of halogens is 1. The van der Waals surface area contributed by atoms with E-state index in [0.29, 0.717) is 18.2 Å². The van der Waals surface area contributed by atoms with Crippen LogP contribution in [0.5, 0.6) is 0 Å². The number of aromatic nitrogens is 3. The fourth-order valence-electron chi connectivity index (χ4n) is 2.88. The van der Waals surface area contributed by atoms with Crippen molar-refractivity contribution in [3.63, 3.8) is 0 Å². The van der Waals surface area contributed by atoms with Crippen LogP contribution in [-0.2, 0) is 21.4 Å². The number of benzene rings is 1. The lowest BCUT2D eigenvalue weighted by atomic mass is 10.3. The van der Waals surface area contributed by atoms with Crippen molar-refractivity contribution in [3.05, 3.63) is 53.4 Å². The Morgan fingerprint density at radius 3 is 2.88 bits per heavy atom. The number of pyridine rings is 1. The average Bonchev–Trinajstić information content (AvgIpc) is 2.99. The third-order valence-corrected chi connectivity index (χ3v) is 5.75. The topological polar surface area (TPSA) is 86.1 Å². The maximum atomic E-state index is 12.5. The summed E-state index contributed by atoms with van der Waals surface area (Å²) < 4.78 is 35.1. The van der Waals surface area contributed by atoms with Crippen molar-refractivity contribution in [2.45, 2.75) is 17.5 Å². The molecule has 0 bridgehead atoms. The lowest BCUT2D eigenvalue weighted by Crippen LogP contribution is -2.35. The maximum Gasteiger partial charge on any atom is 0.240 e. The minimum atomic E-state index is -3.63. The van der Waals surface area contributed by atoms with E-state index in [0.717, 1.165) is 17.0 Å². The first-order valence-electron chi connectivity index (χ1n) is 7.69. The molecule has 0 spiro atoms. The molecule has 1 atom stereocenters. The Morgan fingerprint density at radius 2 is 2.08 bits per heavy atom. The minimum absolute atomic E-state index is 0.169. The van der Waals surface area contributed by atoms with E-state index in [4.69, 9.17) is 16.3 Å². The quantitative estimate of drug-likeness (QED) is 0.751. The van der Waals surface area contributed by atoms with Gasteiger partial charge in [0.25, 0.3) is 0 Å². The van der Waals surface area contributed by atoms with Gasteiger partial charge in [0.05, 0.1) is 17.5 Å². The van der Waals surface area contributed by atoms with Crippen LogP contribution in [0.2, 0.25) is 5.02 Å². The molecule has 0 radical (unpaired) electrons. The molecule has 2 aromatic heterocycles. The monoisotopic (exact) mass is 378 g/mol. The Balaban J connectivity index is 1.59. The highest BCUT2D eigenvalue weighted by Gasteiger charge is 2.26. The predicted molar refractivity (Wildman–Crippen MR) is 92.9 cm³/mol. The summed E-state index contributed by atoms with van der Waals surface area (Å²) in [7, 11) is -3.63. The van der Waals surface area contributed by atoms with Gasteiger partial charge in [-0.05, 0) is 36.4 Å². The number of ether oxygens (including phenoxy) is 1. The van der Waals surface area contributed by atoms with Crippen molar-refractivity contribution in [2.24, 2.45) is 0 Å². The summed E-state index contributed by atoms with van der Waals surface area (Å²) in [5.41, 5.74) is 1.50. The van der Waals surface area contributed by atoms with Crippen LogP contribution in [0.15, 0.2) is 47.5 Å². The van der Waals surface area contributed by atoms with Crippen molar-refractivity contribution in [1.82, 2.24) is 19.3 Å². The van der Waals surface area contributed by atoms with Gasteiger partial charge in [0.15, 0.2) is 5.65 Å². The van der Waals surface area contributed by atoms with E-state index in [1.165, 1.54) is 12.1 Å². The van der Waals surface area contributed by atoms with Crippen LogP contribution in [0.1, 0.15) is 11.9 Å². The van der Waals surface area contributed by atoms with E-state index in [9.17, 15) is 8.42 Å². The molecule has 7 nitrogen and oxygen atoms in total. The average molecular weight is 379 g/mol. The minimum Gasteiger partial charge on any atom is -0.371 e. The van der Waals surface area contributed by atoms with Crippen LogP contribution < -0.4 is 4.72 Å². The van der Waals surface area contributed by atoms with Crippen LogP contribution in [0, 0.1) is 0 Å². The third-order valence-electron chi connectivity index (χ3n) is 4.06. The smallest absolute Gasteiger partial charge is 0.240 e. The zero-order chi connectivity index (χ0) is 17.4. The van der Waals surface area contributed by atoms with E-state index in [1.807, 2.05) is 16.7 Å². The second-order valence-corrected chi connectivity index (χ2v) is 7.92. The fourth-order valence-corrected chi connectivity index (χ4v) is 4.07. The van der Waals surface area contributed by atoms with Gasteiger partial charge in [0, 0.05) is 17.8 Å². The van der Waals surface area contributed by atoms with E-state index in [2.05, 4.69) is 14.7 Å². The van der Waals surface area contributed by atoms with Gasteiger partial charge in [-0.2, -0.15) is 0 Å². The van der Waals surface area contributed by atoms with Crippen molar-refractivity contribution in [2.75, 3.05) is 13.2 Å². The lowest BCUT2D eigenvalue weighted by molar-refractivity contribution is 0.0578. The predicted octanol–water partition coefficient (Wildman–Crippen LogP) is 2.13. The normalized spacial score (nSPS) is 17.6. The first kappa shape index (κ1) is 16.5. The zero-order valence-corrected chi connectivity index (χ0v) is 14.7. The van der Waals surface area contributed by atoms with Gasteiger partial charge in [-0.25, -0.2) is 23.1 Å². The Morgan fingerprint density at radius 1 is 1.28 bits per heavy atom. The molecule has 130 valence electrons. The van der Waals surface area contributed by atoms with Crippen LogP contribution in [-0.4, -0.2) is 36.1 Å². The number of nitrogens with zero attached hydrogens (tertiary/aromatic N) is 3. The lowest BCUT2D eigenvalue weighted by Gasteiger charge is -2.25. The summed E-state index contributed by atoms with van der Waals surface area (Å²) in [6.45, 7) is 0.953. The molecule has 0 fully saturated rings. The van der Waals surface area contributed by atoms with Gasteiger partial charge >= 0.3 is 0 Å². The molecule has 1 aliphatic rings. The molecule has 3 heterocycles. The molecular formula is C16H15ClN4O3S. The van der Waals surface area contributed by atoms with Gasteiger partial charge < -0.3 is 9.30 Å². The Hall–Kier alpha value is -2.00. The van der Waals surface area contributed by atoms with Crippen molar-refractivity contribution >= 4 is 32.8 Å². The highest BCUT2D eigenvalue weighted by atomic mass is 35.5. The van der Waals surface area contributed by atoms with Gasteiger partial charge in [0.2, 0.25) is 10.0 Å². The van der Waals surface area contributed by atoms with E-state index in [-0.39, 0.29) is 17.5 Å². The largest absolute Gasteiger partial charge is 0.371 e. The van der Waals surface area contributed by atoms with Gasteiger partial charge in [-0.1, -0.05) is 11.6 Å². The van der Waals surface area contributed by atoms with Crippen molar-refractivity contribution < 1.29 is 13.2 Å². The first-order valence-corrected chi connectivity index (χ1v) is 9.55. The van der Waals surface area contributed by atoms with E-state index >= 15 is 0 Å². The molecule has 1 aromatic carbocycles. The highest BCUT2D eigenvalue weighted by molar-refractivity contribution is 7.89. The molecule has 0 aliphatic carbocycles. The first-order chi connectivity index (χ1) is 12.0. The number of imidazole rings is 1. The molecule has 4 rings (SSSR count). The highest BCUT2D eigenvalue weighted by Crippen LogP contribution is 2.24. The second-order valence-electron chi connectivity index (χ2n) is 5.72. The Labute approximate surface area is 149 Å². The summed E-state index contributed by atoms with van der Waals surface area (Å²) in [5, 5.41) is 0.486. The number of sulfonamides is 1. The van der Waals surface area contributed by atoms with Crippen molar-refractivity contribution in [1.29, 1.82) is 0 Å². The third kappa shape index (κ3) is 3.13. The van der Waals surface area contributed by atoms with E-state index in [1.54, 1.807) is 18.3 Å². The summed E-state index contributed by atoms with van der Waals surface area (Å²) >= 11 is 5.81. The standard InChI is InChI=1S/C16H15ClN4O3S/c17-11-3-5-13(6-4-11)25(22,23)19-8-12-9-24-10-15-20-14-2-1-7-18-16(14)21(12)15/h1-7,12,19H,8-10H2. The van der Waals surface area contributed by atoms with Crippen LogP contribution >= 0.6 is 11.6 Å². The molecule has 9 heteroatoms. The molecule has 25 heavy (non-hydrogen) atoms. The number of hydrogen-bond donors (Lipinski definition) is 1. The molecule has 1 aliphatic heterocycles. The molecule has 1 unspecified atom stereocenters. The number of rotatable bonds is 4. The molecule has 0 saturated carbocycles. The molecular weight excluding hydrogens is 364 g/mol. The summed E-state index contributed by atoms with van der Waals surface area (Å²) in [6, 6.07) is 9.52. The van der Waals surface area contributed by atoms with Crippen LogP contribution in [0.4, 0.5) is 0 Å². The maximum absolute atomic E-state index is 12.5.